The van der Waals surface area contributed by atoms with E-state index in [-0.39, 0.29) is 51.8 Å². The van der Waals surface area contributed by atoms with Crippen LogP contribution in [0.2, 0.25) is 0 Å². The minimum atomic E-state index is -4.75. The Hall–Kier alpha value is -4.72. The van der Waals surface area contributed by atoms with Crippen molar-refractivity contribution in [3.8, 4) is 28.5 Å². The van der Waals surface area contributed by atoms with Gasteiger partial charge in [0.05, 0.1) is 17.2 Å². The molecule has 0 saturated heterocycles. The molecule has 0 amide bonds. The second kappa shape index (κ2) is 10.1. The van der Waals surface area contributed by atoms with Crippen molar-refractivity contribution >= 4 is 26.7 Å². The van der Waals surface area contributed by atoms with Crippen LogP contribution in [-0.4, -0.2) is 24.8 Å². The van der Waals surface area contributed by atoms with Crippen molar-refractivity contribution in [1.29, 1.82) is 0 Å². The van der Waals surface area contributed by atoms with Gasteiger partial charge in [0.1, 0.15) is 22.9 Å². The monoisotopic (exact) mass is 575 g/mol. The van der Waals surface area contributed by atoms with E-state index in [1.165, 1.54) is 36.4 Å². The number of alkyl halides is 3. The highest BCUT2D eigenvalue weighted by Crippen LogP contribution is 2.33. The summed E-state index contributed by atoms with van der Waals surface area (Å²) in [6, 6.07) is 13.9. The topological polar surface area (TPSA) is 125 Å². The standard InChI is InChI=1S/C26H17F4N3O6S/c1-40(35,36)33-18-4-2-14(3-5-18)22-12-21(34)20-7-6-19(11-23(20)38-22)37-13-24-31-25(32-39-24)15-8-16(26(28,29)30)10-17(27)9-15/h2-12,33H,13H2,1H3. The average Bonchev–Trinajstić information content (AvgIpc) is 3.35. The molecule has 0 fully saturated rings. The SMILES string of the molecule is CS(=O)(=O)Nc1ccc(-c2cc(=O)c3ccc(OCc4nc(-c5cc(F)cc(C(F)(F)F)c5)no4)cc3o2)cc1. The fraction of sp³-hybridized carbons (Fsp3) is 0.115. The Balaban J connectivity index is 1.35. The number of rotatable bonds is 7. The predicted octanol–water partition coefficient (Wildman–Crippen LogP) is 5.62. The van der Waals surface area contributed by atoms with Crippen LogP contribution >= 0.6 is 0 Å². The molecule has 14 heteroatoms. The van der Waals surface area contributed by atoms with Crippen LogP contribution in [0, 0.1) is 5.82 Å². The van der Waals surface area contributed by atoms with Crippen LogP contribution in [0.3, 0.4) is 0 Å². The number of halogens is 4. The van der Waals surface area contributed by atoms with E-state index in [0.29, 0.717) is 23.4 Å². The van der Waals surface area contributed by atoms with Crippen LogP contribution in [0.1, 0.15) is 11.5 Å². The Morgan fingerprint density at radius 2 is 1.73 bits per heavy atom. The summed E-state index contributed by atoms with van der Waals surface area (Å²) >= 11 is 0. The average molecular weight is 575 g/mol. The van der Waals surface area contributed by atoms with E-state index in [2.05, 4.69) is 14.9 Å². The largest absolute Gasteiger partial charge is 0.484 e. The number of hydrogen-bond acceptors (Lipinski definition) is 8. The van der Waals surface area contributed by atoms with Gasteiger partial charge in [-0.2, -0.15) is 18.2 Å². The number of nitrogens with one attached hydrogen (secondary N) is 1. The molecular weight excluding hydrogens is 558 g/mol. The number of ether oxygens (including phenoxy) is 1. The molecule has 9 nitrogen and oxygen atoms in total. The molecule has 5 rings (SSSR count). The predicted molar refractivity (Wildman–Crippen MR) is 135 cm³/mol. The second-order valence-corrected chi connectivity index (χ2v) is 10.4. The minimum Gasteiger partial charge on any atom is -0.484 e. The molecule has 1 N–H and O–H groups in total. The maximum atomic E-state index is 13.7. The highest BCUT2D eigenvalue weighted by Gasteiger charge is 2.32. The normalized spacial score (nSPS) is 12.0. The molecule has 2 heterocycles. The molecule has 0 radical (unpaired) electrons. The van der Waals surface area contributed by atoms with Crippen molar-refractivity contribution in [2.24, 2.45) is 0 Å². The summed E-state index contributed by atoms with van der Waals surface area (Å²) in [7, 11) is -3.45. The zero-order chi connectivity index (χ0) is 28.7. The summed E-state index contributed by atoms with van der Waals surface area (Å²) in [5.41, 5.74) is -0.674. The molecule has 0 atom stereocenters. The lowest BCUT2D eigenvalue weighted by Gasteiger charge is -2.08. The fourth-order valence-corrected chi connectivity index (χ4v) is 4.31. The first-order chi connectivity index (χ1) is 18.8. The maximum absolute atomic E-state index is 13.7. The summed E-state index contributed by atoms with van der Waals surface area (Å²) in [5.74, 6) is -0.965. The summed E-state index contributed by atoms with van der Waals surface area (Å²) in [6.07, 6.45) is -3.73. The molecule has 0 aliphatic rings. The van der Waals surface area contributed by atoms with Gasteiger partial charge in [0.2, 0.25) is 15.8 Å². The van der Waals surface area contributed by atoms with Gasteiger partial charge < -0.3 is 13.7 Å². The molecular formula is C26H17F4N3O6S. The highest BCUT2D eigenvalue weighted by atomic mass is 32.2. The Labute approximate surface area is 223 Å². The molecule has 5 aromatic rings. The number of benzene rings is 3. The van der Waals surface area contributed by atoms with Gasteiger partial charge in [-0.05, 0) is 54.6 Å². The first-order valence-corrected chi connectivity index (χ1v) is 13.2. The van der Waals surface area contributed by atoms with Crippen molar-refractivity contribution in [2.45, 2.75) is 12.8 Å². The van der Waals surface area contributed by atoms with Gasteiger partial charge in [-0.15, -0.1) is 0 Å². The molecule has 206 valence electrons. The number of sulfonamides is 1. The summed E-state index contributed by atoms with van der Waals surface area (Å²) < 4.78 is 94.4. The number of aromatic nitrogens is 2. The first kappa shape index (κ1) is 26.9. The van der Waals surface area contributed by atoms with Gasteiger partial charge in [-0.25, -0.2) is 12.8 Å². The molecule has 0 unspecified atom stereocenters. The van der Waals surface area contributed by atoms with E-state index in [1.54, 1.807) is 12.1 Å². The van der Waals surface area contributed by atoms with Gasteiger partial charge in [0.15, 0.2) is 12.0 Å². The van der Waals surface area contributed by atoms with E-state index in [1.807, 2.05) is 0 Å². The Morgan fingerprint density at radius 3 is 2.42 bits per heavy atom. The van der Waals surface area contributed by atoms with Crippen molar-refractivity contribution in [2.75, 3.05) is 11.0 Å². The number of fused-ring (bicyclic) bond motifs is 1. The van der Waals surface area contributed by atoms with Crippen molar-refractivity contribution in [3.05, 3.63) is 94.2 Å². The van der Waals surface area contributed by atoms with Crippen LogP contribution in [-0.2, 0) is 22.8 Å². The van der Waals surface area contributed by atoms with Gasteiger partial charge in [0.25, 0.3) is 5.89 Å². The van der Waals surface area contributed by atoms with Gasteiger partial charge in [-0.1, -0.05) is 5.16 Å². The molecule has 0 aliphatic heterocycles. The lowest BCUT2D eigenvalue weighted by molar-refractivity contribution is -0.137. The second-order valence-electron chi connectivity index (χ2n) is 8.61. The van der Waals surface area contributed by atoms with E-state index in [4.69, 9.17) is 13.7 Å². The lowest BCUT2D eigenvalue weighted by atomic mass is 10.1. The summed E-state index contributed by atoms with van der Waals surface area (Å²) in [5, 5.41) is 3.87. The summed E-state index contributed by atoms with van der Waals surface area (Å²) in [4.78, 5) is 16.6. The fourth-order valence-electron chi connectivity index (χ4n) is 3.74. The summed E-state index contributed by atoms with van der Waals surface area (Å²) in [6.45, 7) is -0.279. The third-order valence-electron chi connectivity index (χ3n) is 5.49. The van der Waals surface area contributed by atoms with Gasteiger partial charge in [-0.3, -0.25) is 9.52 Å². The first-order valence-electron chi connectivity index (χ1n) is 11.3. The van der Waals surface area contributed by atoms with Crippen LogP contribution in [0.4, 0.5) is 23.2 Å². The Morgan fingerprint density at radius 1 is 0.975 bits per heavy atom. The maximum Gasteiger partial charge on any atom is 0.416 e. The zero-order valence-corrected chi connectivity index (χ0v) is 21.1. The van der Waals surface area contributed by atoms with E-state index < -0.39 is 27.6 Å². The zero-order valence-electron chi connectivity index (χ0n) is 20.3. The van der Waals surface area contributed by atoms with E-state index >= 15 is 0 Å². The van der Waals surface area contributed by atoms with Crippen LogP contribution < -0.4 is 14.9 Å². The Kier molecular flexibility index (Phi) is 6.79. The number of nitrogens with zero attached hydrogens (tertiary/aromatic N) is 2. The third-order valence-corrected chi connectivity index (χ3v) is 6.09. The van der Waals surface area contributed by atoms with E-state index in [0.717, 1.165) is 12.3 Å². The van der Waals surface area contributed by atoms with Crippen molar-refractivity contribution in [1.82, 2.24) is 10.1 Å². The lowest BCUT2D eigenvalue weighted by Crippen LogP contribution is -2.09. The number of anilines is 1. The van der Waals surface area contributed by atoms with Crippen molar-refractivity contribution in [3.63, 3.8) is 0 Å². The molecule has 0 bridgehead atoms. The third kappa shape index (κ3) is 6.12. The van der Waals surface area contributed by atoms with Crippen LogP contribution in [0.15, 0.2) is 80.5 Å². The molecule has 0 spiro atoms. The molecule has 2 aromatic heterocycles. The Bertz CT molecular complexity index is 1880. The van der Waals surface area contributed by atoms with Crippen LogP contribution in [0.25, 0.3) is 33.7 Å². The van der Waals surface area contributed by atoms with Gasteiger partial charge in [0, 0.05) is 28.9 Å². The molecule has 0 saturated carbocycles. The molecule has 40 heavy (non-hydrogen) atoms. The molecule has 0 aliphatic carbocycles. The van der Waals surface area contributed by atoms with E-state index in [9.17, 15) is 30.8 Å². The minimum absolute atomic E-state index is 0.0917. The van der Waals surface area contributed by atoms with Gasteiger partial charge >= 0.3 is 6.18 Å². The smallest absolute Gasteiger partial charge is 0.416 e. The highest BCUT2D eigenvalue weighted by molar-refractivity contribution is 7.92. The van der Waals surface area contributed by atoms with Crippen LogP contribution in [0.5, 0.6) is 5.75 Å². The number of hydrogen-bond donors (Lipinski definition) is 1. The molecule has 3 aromatic carbocycles. The quantitative estimate of drug-likeness (QED) is 0.248. The van der Waals surface area contributed by atoms with Crippen molar-refractivity contribution < 1.29 is 39.7 Å².